The van der Waals surface area contributed by atoms with Crippen molar-refractivity contribution in [2.24, 2.45) is 0 Å². The van der Waals surface area contributed by atoms with Gasteiger partial charge in [-0.3, -0.25) is 9.59 Å². The van der Waals surface area contributed by atoms with Gasteiger partial charge >= 0.3 is 0 Å². The Kier molecular flexibility index (Phi) is 3.62. The molecule has 4 rings (SSSR count). The van der Waals surface area contributed by atoms with Crippen LogP contribution in [0.15, 0.2) is 54.6 Å². The van der Waals surface area contributed by atoms with Gasteiger partial charge < -0.3 is 10.4 Å². The highest BCUT2D eigenvalue weighted by Crippen LogP contribution is 2.38. The summed E-state index contributed by atoms with van der Waals surface area (Å²) in [5.74, 6) is -0.782. The summed E-state index contributed by atoms with van der Waals surface area (Å²) >= 11 is 0. The normalized spacial score (nSPS) is 12.5. The van der Waals surface area contributed by atoms with E-state index in [0.717, 1.165) is 16.8 Å². The number of anilines is 2. The molecule has 0 amide bonds. The van der Waals surface area contributed by atoms with Crippen molar-refractivity contribution in [1.82, 2.24) is 0 Å². The number of phenols is 1. The van der Waals surface area contributed by atoms with E-state index in [1.165, 1.54) is 6.07 Å². The quantitative estimate of drug-likeness (QED) is 0.525. The molecule has 26 heavy (non-hydrogen) atoms. The van der Waals surface area contributed by atoms with E-state index in [9.17, 15) is 14.7 Å². The molecule has 0 bridgehead atoms. The number of benzene rings is 3. The Morgan fingerprint density at radius 2 is 1.38 bits per heavy atom. The fraction of sp³-hybridized carbons (Fsp3) is 0.0909. The monoisotopic (exact) mass is 343 g/mol. The van der Waals surface area contributed by atoms with Gasteiger partial charge in [-0.15, -0.1) is 0 Å². The third-order valence-electron chi connectivity index (χ3n) is 4.93. The molecule has 0 aromatic heterocycles. The molecule has 1 aliphatic carbocycles. The van der Waals surface area contributed by atoms with Crippen molar-refractivity contribution in [3.8, 4) is 5.75 Å². The zero-order valence-corrected chi connectivity index (χ0v) is 14.5. The first kappa shape index (κ1) is 16.1. The Morgan fingerprint density at radius 1 is 0.731 bits per heavy atom. The van der Waals surface area contributed by atoms with Crippen molar-refractivity contribution < 1.29 is 14.7 Å². The molecule has 3 aromatic rings. The topological polar surface area (TPSA) is 66.4 Å². The average molecular weight is 343 g/mol. The number of aryl methyl sites for hydroxylation is 1. The van der Waals surface area contributed by atoms with Crippen LogP contribution in [0.25, 0.3) is 0 Å². The van der Waals surface area contributed by atoms with Gasteiger partial charge in [0.05, 0.1) is 16.8 Å². The first-order chi connectivity index (χ1) is 12.5. The number of hydrogen-bond acceptors (Lipinski definition) is 4. The van der Waals surface area contributed by atoms with Gasteiger partial charge in [-0.1, -0.05) is 36.4 Å². The number of fused-ring (bicyclic) bond motifs is 2. The number of carbonyl (C=O) groups is 2. The number of phenolic OH excluding ortho intramolecular Hbond substituents is 1. The maximum absolute atomic E-state index is 13.1. The van der Waals surface area contributed by atoms with Gasteiger partial charge in [0.25, 0.3) is 0 Å². The van der Waals surface area contributed by atoms with Crippen molar-refractivity contribution in [2.75, 3.05) is 5.32 Å². The molecule has 4 heteroatoms. The van der Waals surface area contributed by atoms with Gasteiger partial charge in [-0.2, -0.15) is 0 Å². The first-order valence-corrected chi connectivity index (χ1v) is 8.36. The maximum atomic E-state index is 13.1. The highest BCUT2D eigenvalue weighted by Gasteiger charge is 2.34. The summed E-state index contributed by atoms with van der Waals surface area (Å²) in [5, 5.41) is 13.5. The SMILES string of the molecule is Cc1cccc(Nc2ccc(O)c3c2C(=O)c2ccccc2C3=O)c1C. The number of carbonyl (C=O) groups excluding carboxylic acids is 2. The summed E-state index contributed by atoms with van der Waals surface area (Å²) in [6.07, 6.45) is 0. The summed E-state index contributed by atoms with van der Waals surface area (Å²) in [6.45, 7) is 4.00. The Balaban J connectivity index is 1.91. The van der Waals surface area contributed by atoms with Crippen molar-refractivity contribution in [3.63, 3.8) is 0 Å². The lowest BCUT2D eigenvalue weighted by atomic mass is 9.82. The molecule has 128 valence electrons. The number of rotatable bonds is 2. The van der Waals surface area contributed by atoms with Crippen LogP contribution in [-0.4, -0.2) is 16.7 Å². The van der Waals surface area contributed by atoms with E-state index >= 15 is 0 Å². The van der Waals surface area contributed by atoms with Crippen molar-refractivity contribution in [3.05, 3.63) is 88.0 Å². The molecule has 0 radical (unpaired) electrons. The number of hydrogen-bond donors (Lipinski definition) is 2. The lowest BCUT2D eigenvalue weighted by molar-refractivity contribution is 0.0977. The van der Waals surface area contributed by atoms with Crippen LogP contribution in [0.3, 0.4) is 0 Å². The van der Waals surface area contributed by atoms with Crippen LogP contribution in [-0.2, 0) is 0 Å². The predicted octanol–water partition coefficient (Wildman–Crippen LogP) is 4.53. The standard InChI is InChI=1S/C22H17NO3/c1-12-6-5-9-16(13(12)2)23-17-10-11-18(24)20-19(17)21(25)14-7-3-4-8-15(14)22(20)26/h3-11,23-24H,1-2H3. The molecule has 0 atom stereocenters. The van der Waals surface area contributed by atoms with Gasteiger partial charge in [-0.25, -0.2) is 0 Å². The van der Waals surface area contributed by atoms with Crippen molar-refractivity contribution >= 4 is 22.9 Å². The van der Waals surface area contributed by atoms with Crippen LogP contribution in [0.4, 0.5) is 11.4 Å². The molecule has 0 spiro atoms. The lowest BCUT2D eigenvalue weighted by Gasteiger charge is -2.22. The molecule has 0 unspecified atom stereocenters. The van der Waals surface area contributed by atoms with E-state index < -0.39 is 0 Å². The highest BCUT2D eigenvalue weighted by molar-refractivity contribution is 6.31. The van der Waals surface area contributed by atoms with Crippen LogP contribution < -0.4 is 5.32 Å². The second-order valence-corrected chi connectivity index (χ2v) is 6.46. The molecule has 0 heterocycles. The third kappa shape index (κ3) is 2.30. The van der Waals surface area contributed by atoms with Gasteiger partial charge in [0, 0.05) is 16.8 Å². The third-order valence-corrected chi connectivity index (χ3v) is 4.93. The van der Waals surface area contributed by atoms with E-state index in [0.29, 0.717) is 16.8 Å². The summed E-state index contributed by atoms with van der Waals surface area (Å²) in [7, 11) is 0. The number of ketones is 2. The average Bonchev–Trinajstić information content (AvgIpc) is 2.64. The van der Waals surface area contributed by atoms with E-state index in [-0.39, 0.29) is 28.4 Å². The number of nitrogens with one attached hydrogen (secondary N) is 1. The fourth-order valence-electron chi connectivity index (χ4n) is 3.34. The predicted molar refractivity (Wildman–Crippen MR) is 101 cm³/mol. The molecule has 2 N–H and O–H groups in total. The van der Waals surface area contributed by atoms with Crippen molar-refractivity contribution in [2.45, 2.75) is 13.8 Å². The van der Waals surface area contributed by atoms with Crippen LogP contribution in [0.2, 0.25) is 0 Å². The Bertz CT molecular complexity index is 1080. The molecule has 0 saturated heterocycles. The minimum atomic E-state index is -0.336. The summed E-state index contributed by atoms with van der Waals surface area (Å²) in [6, 6.07) is 15.6. The maximum Gasteiger partial charge on any atom is 0.198 e. The Labute approximate surface area is 151 Å². The van der Waals surface area contributed by atoms with Gasteiger partial charge in [0.1, 0.15) is 5.75 Å². The van der Waals surface area contributed by atoms with Crippen molar-refractivity contribution in [1.29, 1.82) is 0 Å². The van der Waals surface area contributed by atoms with E-state index in [2.05, 4.69) is 5.32 Å². The van der Waals surface area contributed by atoms with E-state index in [4.69, 9.17) is 0 Å². The zero-order valence-electron chi connectivity index (χ0n) is 14.5. The molecular formula is C22H17NO3. The van der Waals surface area contributed by atoms with E-state index in [1.54, 1.807) is 30.3 Å². The van der Waals surface area contributed by atoms with Gasteiger partial charge in [0.15, 0.2) is 11.6 Å². The first-order valence-electron chi connectivity index (χ1n) is 8.36. The molecule has 1 aliphatic rings. The lowest BCUT2D eigenvalue weighted by Crippen LogP contribution is -2.22. The van der Waals surface area contributed by atoms with Gasteiger partial charge in [-0.05, 0) is 43.2 Å². The molecular weight excluding hydrogens is 326 g/mol. The minimum absolute atomic E-state index is 0.0593. The molecule has 3 aromatic carbocycles. The second-order valence-electron chi connectivity index (χ2n) is 6.46. The summed E-state index contributed by atoms with van der Waals surface area (Å²) in [4.78, 5) is 25.9. The van der Waals surface area contributed by atoms with E-state index in [1.807, 2.05) is 32.0 Å². The largest absolute Gasteiger partial charge is 0.507 e. The minimum Gasteiger partial charge on any atom is -0.507 e. The molecule has 4 nitrogen and oxygen atoms in total. The Morgan fingerprint density at radius 3 is 2.08 bits per heavy atom. The van der Waals surface area contributed by atoms with Crippen LogP contribution in [0.1, 0.15) is 43.0 Å². The molecule has 0 fully saturated rings. The summed E-state index contributed by atoms with van der Waals surface area (Å²) in [5.41, 5.74) is 4.51. The highest BCUT2D eigenvalue weighted by atomic mass is 16.3. The molecule has 0 saturated carbocycles. The van der Waals surface area contributed by atoms with Crippen LogP contribution in [0, 0.1) is 13.8 Å². The zero-order chi connectivity index (χ0) is 18.4. The smallest absolute Gasteiger partial charge is 0.198 e. The fourth-order valence-corrected chi connectivity index (χ4v) is 3.34. The van der Waals surface area contributed by atoms with Crippen LogP contribution >= 0.6 is 0 Å². The van der Waals surface area contributed by atoms with Gasteiger partial charge in [0.2, 0.25) is 0 Å². The summed E-state index contributed by atoms with van der Waals surface area (Å²) < 4.78 is 0. The second kappa shape index (κ2) is 5.85. The van der Waals surface area contributed by atoms with Crippen LogP contribution in [0.5, 0.6) is 5.75 Å². The molecule has 0 aliphatic heterocycles. The Hall–Kier alpha value is -3.40. The number of aromatic hydroxyl groups is 1.